The Morgan fingerprint density at radius 3 is 2.44 bits per heavy atom. The predicted molar refractivity (Wildman–Crippen MR) is 61.2 cm³/mol. The number of hydroxylamine groups is 2. The van der Waals surface area contributed by atoms with E-state index in [1.807, 2.05) is 26.8 Å². The molecule has 0 saturated heterocycles. The van der Waals surface area contributed by atoms with Crippen molar-refractivity contribution in [3.63, 3.8) is 0 Å². The molecule has 0 atom stereocenters. The Morgan fingerprint density at radius 1 is 1.25 bits per heavy atom. The minimum atomic E-state index is -0.545. The zero-order valence-corrected chi connectivity index (χ0v) is 9.56. The number of aliphatic imine (C=N–C) groups is 1. The van der Waals surface area contributed by atoms with E-state index in [4.69, 9.17) is 0 Å². The molecule has 4 nitrogen and oxygen atoms in total. The molecule has 1 heterocycles. The molecule has 1 aromatic rings. The fourth-order valence-electron chi connectivity index (χ4n) is 1.51. The molecule has 0 bridgehead atoms. The normalized spacial score (nSPS) is 14.8. The molecule has 2 rings (SSSR count). The maximum Gasteiger partial charge on any atom is 0.232 e. The zero-order chi connectivity index (χ0) is 11.9. The van der Waals surface area contributed by atoms with Crippen LogP contribution in [0.1, 0.15) is 31.1 Å². The summed E-state index contributed by atoms with van der Waals surface area (Å²) in [6.07, 6.45) is 0. The van der Waals surface area contributed by atoms with E-state index in [2.05, 4.69) is 4.99 Å². The van der Waals surface area contributed by atoms with Crippen molar-refractivity contribution in [2.75, 3.05) is 0 Å². The first kappa shape index (κ1) is 10.8. The number of Topliss-reactive ketones (excluding diaryl/α,β-unsaturated/α-hetero) is 1. The average molecular weight is 218 g/mol. The van der Waals surface area contributed by atoms with Crippen LogP contribution < -0.4 is 0 Å². The van der Waals surface area contributed by atoms with E-state index in [9.17, 15) is 10.0 Å². The topological polar surface area (TPSA) is 52.9 Å². The van der Waals surface area contributed by atoms with Crippen LogP contribution >= 0.6 is 0 Å². The van der Waals surface area contributed by atoms with Gasteiger partial charge < -0.3 is 0 Å². The molecule has 4 heteroatoms. The van der Waals surface area contributed by atoms with Crippen molar-refractivity contribution in [1.82, 2.24) is 5.06 Å². The standard InChI is InChI=1S/C12H14N2O2/c1-12(2,3)14(16)11-10(15)8-6-4-5-7-9(8)13-11/h4-7,16H,1-3H3. The van der Waals surface area contributed by atoms with E-state index in [-0.39, 0.29) is 11.6 Å². The molecule has 16 heavy (non-hydrogen) atoms. The van der Waals surface area contributed by atoms with Crippen LogP contribution in [0.2, 0.25) is 0 Å². The van der Waals surface area contributed by atoms with Crippen molar-refractivity contribution in [2.24, 2.45) is 4.99 Å². The van der Waals surface area contributed by atoms with Gasteiger partial charge in [0.15, 0.2) is 0 Å². The highest BCUT2D eigenvalue weighted by Gasteiger charge is 2.33. The molecule has 0 aliphatic carbocycles. The largest absolute Gasteiger partial charge is 0.286 e. The van der Waals surface area contributed by atoms with Crippen LogP contribution in [-0.4, -0.2) is 27.4 Å². The van der Waals surface area contributed by atoms with Gasteiger partial charge in [-0.1, -0.05) is 12.1 Å². The summed E-state index contributed by atoms with van der Waals surface area (Å²) in [6.45, 7) is 5.43. The minimum absolute atomic E-state index is 0.0914. The molecule has 0 aromatic heterocycles. The highest BCUT2D eigenvalue weighted by molar-refractivity contribution is 6.48. The lowest BCUT2D eigenvalue weighted by Gasteiger charge is -2.29. The van der Waals surface area contributed by atoms with Gasteiger partial charge in [-0.25, -0.2) is 10.1 Å². The monoisotopic (exact) mass is 218 g/mol. The molecule has 0 fully saturated rings. The van der Waals surface area contributed by atoms with Gasteiger partial charge in [0.05, 0.1) is 16.8 Å². The van der Waals surface area contributed by atoms with Gasteiger partial charge in [0.2, 0.25) is 11.6 Å². The summed E-state index contributed by atoms with van der Waals surface area (Å²) in [4.78, 5) is 16.1. The molecule has 84 valence electrons. The number of fused-ring (bicyclic) bond motifs is 1. The number of para-hydroxylation sites is 1. The maximum absolute atomic E-state index is 12.0. The third kappa shape index (κ3) is 1.61. The SMILES string of the molecule is CC(C)(C)N(O)C1=Nc2ccccc2C1=O. The van der Waals surface area contributed by atoms with Crippen LogP contribution in [0.4, 0.5) is 5.69 Å². The Labute approximate surface area is 94.2 Å². The molecular formula is C12H14N2O2. The zero-order valence-electron chi connectivity index (χ0n) is 9.56. The summed E-state index contributed by atoms with van der Waals surface area (Å²) >= 11 is 0. The molecule has 1 N–H and O–H groups in total. The lowest BCUT2D eigenvalue weighted by atomic mass is 10.1. The predicted octanol–water partition coefficient (Wildman–Crippen LogP) is 2.40. The number of ketones is 1. The summed E-state index contributed by atoms with van der Waals surface area (Å²) in [5, 5.41) is 10.8. The van der Waals surface area contributed by atoms with Gasteiger partial charge in [-0.3, -0.25) is 10.0 Å². The van der Waals surface area contributed by atoms with Gasteiger partial charge in [0, 0.05) is 0 Å². The lowest BCUT2D eigenvalue weighted by Crippen LogP contribution is -2.45. The summed E-state index contributed by atoms with van der Waals surface area (Å²) in [6, 6.07) is 7.08. The van der Waals surface area contributed by atoms with Crippen molar-refractivity contribution < 1.29 is 10.0 Å². The van der Waals surface area contributed by atoms with Crippen LogP contribution in [0.15, 0.2) is 29.3 Å². The van der Waals surface area contributed by atoms with Crippen molar-refractivity contribution in [3.05, 3.63) is 29.8 Å². The molecule has 0 radical (unpaired) electrons. The first-order valence-corrected chi connectivity index (χ1v) is 5.13. The van der Waals surface area contributed by atoms with Gasteiger partial charge in [-0.05, 0) is 32.9 Å². The quantitative estimate of drug-likeness (QED) is 0.680. The summed E-state index contributed by atoms with van der Waals surface area (Å²) in [5.41, 5.74) is 0.614. The van der Waals surface area contributed by atoms with E-state index in [1.165, 1.54) is 0 Å². The van der Waals surface area contributed by atoms with E-state index >= 15 is 0 Å². The molecule has 1 aliphatic rings. The molecule has 1 aliphatic heterocycles. The van der Waals surface area contributed by atoms with Crippen LogP contribution in [0.5, 0.6) is 0 Å². The van der Waals surface area contributed by atoms with E-state index in [0.717, 1.165) is 5.06 Å². The number of hydrogen-bond acceptors (Lipinski definition) is 4. The van der Waals surface area contributed by atoms with Gasteiger partial charge >= 0.3 is 0 Å². The number of benzene rings is 1. The van der Waals surface area contributed by atoms with E-state index < -0.39 is 5.54 Å². The lowest BCUT2D eigenvalue weighted by molar-refractivity contribution is -0.0839. The number of nitrogens with zero attached hydrogens (tertiary/aromatic N) is 2. The third-order valence-corrected chi connectivity index (χ3v) is 2.41. The summed E-state index contributed by atoms with van der Waals surface area (Å²) in [7, 11) is 0. The number of carbonyl (C=O) groups excluding carboxylic acids is 1. The number of carbonyl (C=O) groups is 1. The van der Waals surface area contributed by atoms with Crippen molar-refractivity contribution in [3.8, 4) is 0 Å². The second kappa shape index (κ2) is 3.42. The number of rotatable bonds is 0. The first-order valence-electron chi connectivity index (χ1n) is 5.13. The van der Waals surface area contributed by atoms with Gasteiger partial charge in [-0.2, -0.15) is 0 Å². The second-order valence-corrected chi connectivity index (χ2v) is 4.76. The van der Waals surface area contributed by atoms with Crippen LogP contribution in [-0.2, 0) is 0 Å². The summed E-state index contributed by atoms with van der Waals surface area (Å²) in [5.74, 6) is -0.137. The Balaban J connectivity index is 2.40. The smallest absolute Gasteiger partial charge is 0.232 e. The third-order valence-electron chi connectivity index (χ3n) is 2.41. The Hall–Kier alpha value is -1.68. The van der Waals surface area contributed by atoms with Crippen molar-refractivity contribution in [2.45, 2.75) is 26.3 Å². The highest BCUT2D eigenvalue weighted by Crippen LogP contribution is 2.28. The molecule has 0 spiro atoms. The molecule has 1 aromatic carbocycles. The first-order chi connectivity index (χ1) is 7.41. The van der Waals surface area contributed by atoms with Crippen LogP contribution in [0.25, 0.3) is 0 Å². The molecule has 0 amide bonds. The van der Waals surface area contributed by atoms with Crippen molar-refractivity contribution in [1.29, 1.82) is 0 Å². The highest BCUT2D eigenvalue weighted by atomic mass is 16.5. The van der Waals surface area contributed by atoms with Gasteiger partial charge in [0.25, 0.3) is 0 Å². The van der Waals surface area contributed by atoms with Crippen LogP contribution in [0, 0.1) is 0 Å². The average Bonchev–Trinajstić information content (AvgIpc) is 2.54. The van der Waals surface area contributed by atoms with Gasteiger partial charge in [0.1, 0.15) is 0 Å². The Kier molecular flexibility index (Phi) is 2.31. The molecule has 0 saturated carbocycles. The Morgan fingerprint density at radius 2 is 1.88 bits per heavy atom. The summed E-state index contributed by atoms with van der Waals surface area (Å²) < 4.78 is 0. The Bertz CT molecular complexity index is 472. The fraction of sp³-hybridized carbons (Fsp3) is 0.333. The molecule has 0 unspecified atom stereocenters. The molecular weight excluding hydrogens is 204 g/mol. The second-order valence-electron chi connectivity index (χ2n) is 4.76. The number of amidine groups is 1. The van der Waals surface area contributed by atoms with Crippen molar-refractivity contribution >= 4 is 17.3 Å². The fourth-order valence-corrected chi connectivity index (χ4v) is 1.51. The minimum Gasteiger partial charge on any atom is -0.286 e. The van der Waals surface area contributed by atoms with Crippen LogP contribution in [0.3, 0.4) is 0 Å². The number of hydrogen-bond donors (Lipinski definition) is 1. The van der Waals surface area contributed by atoms with Gasteiger partial charge in [-0.15, -0.1) is 0 Å². The van der Waals surface area contributed by atoms with E-state index in [1.54, 1.807) is 18.2 Å². The maximum atomic E-state index is 12.0. The van der Waals surface area contributed by atoms with E-state index in [0.29, 0.717) is 11.3 Å².